The van der Waals surface area contributed by atoms with E-state index in [1.54, 1.807) is 11.3 Å². The van der Waals surface area contributed by atoms with Gasteiger partial charge >= 0.3 is 5.97 Å². The Hall–Kier alpha value is -1.01. The molecule has 88 valence electrons. The third-order valence-corrected chi connectivity index (χ3v) is 3.78. The van der Waals surface area contributed by atoms with Crippen molar-refractivity contribution in [1.82, 2.24) is 5.32 Å². The van der Waals surface area contributed by atoms with E-state index in [2.05, 4.69) is 5.32 Å². The van der Waals surface area contributed by atoms with Crippen LogP contribution in [0.4, 0.5) is 0 Å². The Bertz CT molecular complexity index is 351. The van der Waals surface area contributed by atoms with Gasteiger partial charge in [-0.15, -0.1) is 23.1 Å². The van der Waals surface area contributed by atoms with Crippen LogP contribution in [-0.4, -0.2) is 28.5 Å². The van der Waals surface area contributed by atoms with Gasteiger partial charge in [-0.25, -0.2) is 0 Å². The highest BCUT2D eigenvalue weighted by molar-refractivity contribution is 8.00. The molecular formula is C10H13NO3S2. The summed E-state index contributed by atoms with van der Waals surface area (Å²) in [4.78, 5) is 22.7. The van der Waals surface area contributed by atoms with Crippen LogP contribution in [0, 0.1) is 0 Å². The number of amides is 1. The first-order valence-electron chi connectivity index (χ1n) is 4.72. The van der Waals surface area contributed by atoms with Gasteiger partial charge in [0.15, 0.2) is 0 Å². The second-order valence-electron chi connectivity index (χ2n) is 3.19. The monoisotopic (exact) mass is 259 g/mol. The molecule has 1 heterocycles. The van der Waals surface area contributed by atoms with Crippen LogP contribution in [0.15, 0.2) is 17.5 Å². The van der Waals surface area contributed by atoms with Crippen molar-refractivity contribution in [3.05, 3.63) is 22.4 Å². The number of hydrogen-bond donors (Lipinski definition) is 2. The van der Waals surface area contributed by atoms with Crippen LogP contribution in [-0.2, 0) is 9.59 Å². The van der Waals surface area contributed by atoms with Gasteiger partial charge in [0.25, 0.3) is 0 Å². The van der Waals surface area contributed by atoms with Gasteiger partial charge in [0.2, 0.25) is 5.91 Å². The maximum atomic E-state index is 11.4. The molecule has 0 bridgehead atoms. The average molecular weight is 259 g/mol. The Balaban J connectivity index is 2.26. The summed E-state index contributed by atoms with van der Waals surface area (Å²) in [5.74, 6) is -0.890. The highest BCUT2D eigenvalue weighted by atomic mass is 32.2. The van der Waals surface area contributed by atoms with Gasteiger partial charge in [0, 0.05) is 4.88 Å². The van der Waals surface area contributed by atoms with Crippen molar-refractivity contribution in [2.45, 2.75) is 13.0 Å². The van der Waals surface area contributed by atoms with Crippen LogP contribution in [0.25, 0.3) is 0 Å². The molecule has 0 saturated heterocycles. The lowest BCUT2D eigenvalue weighted by Crippen LogP contribution is -2.28. The van der Waals surface area contributed by atoms with E-state index < -0.39 is 5.97 Å². The van der Waals surface area contributed by atoms with Crippen LogP contribution in [0.2, 0.25) is 0 Å². The third-order valence-electron chi connectivity index (χ3n) is 1.81. The van der Waals surface area contributed by atoms with Crippen molar-refractivity contribution >= 4 is 35.0 Å². The maximum absolute atomic E-state index is 11.4. The summed E-state index contributed by atoms with van der Waals surface area (Å²) in [5.41, 5.74) is 0. The number of carbonyl (C=O) groups excluding carboxylic acids is 1. The van der Waals surface area contributed by atoms with Crippen LogP contribution in [0.3, 0.4) is 0 Å². The first-order valence-corrected chi connectivity index (χ1v) is 6.75. The van der Waals surface area contributed by atoms with Crippen LogP contribution in [0.1, 0.15) is 17.8 Å². The molecule has 1 amide bonds. The Labute approximate surface area is 102 Å². The van der Waals surface area contributed by atoms with Gasteiger partial charge in [-0.1, -0.05) is 6.07 Å². The van der Waals surface area contributed by atoms with Gasteiger partial charge < -0.3 is 10.4 Å². The van der Waals surface area contributed by atoms with E-state index in [9.17, 15) is 9.59 Å². The van der Waals surface area contributed by atoms with E-state index in [0.29, 0.717) is 0 Å². The molecule has 1 aromatic rings. The number of carboxylic acids is 1. The molecule has 0 saturated carbocycles. The largest absolute Gasteiger partial charge is 0.481 e. The fraction of sp³-hybridized carbons (Fsp3) is 0.400. The van der Waals surface area contributed by atoms with Crippen molar-refractivity contribution in [3.63, 3.8) is 0 Å². The van der Waals surface area contributed by atoms with E-state index >= 15 is 0 Å². The van der Waals surface area contributed by atoms with Crippen LogP contribution < -0.4 is 5.32 Å². The van der Waals surface area contributed by atoms with Gasteiger partial charge in [0.1, 0.15) is 0 Å². The quantitative estimate of drug-likeness (QED) is 0.816. The number of rotatable bonds is 6. The first kappa shape index (κ1) is 13.1. The zero-order chi connectivity index (χ0) is 12.0. The molecule has 16 heavy (non-hydrogen) atoms. The number of thiophene rings is 1. The minimum atomic E-state index is -0.899. The minimum absolute atomic E-state index is 0.0158. The summed E-state index contributed by atoms with van der Waals surface area (Å²) in [6.07, 6.45) is 0. The number of aliphatic carboxylic acids is 1. The molecule has 1 rings (SSSR count). The summed E-state index contributed by atoms with van der Waals surface area (Å²) in [6.45, 7) is 1.91. The standard InChI is InChI=1S/C10H13NO3S2/c1-7(8-3-2-4-16-8)11-9(12)5-15-6-10(13)14/h2-4,7H,5-6H2,1H3,(H,11,12)(H,13,14). The van der Waals surface area contributed by atoms with Crippen LogP contribution in [0.5, 0.6) is 0 Å². The molecule has 6 heteroatoms. The highest BCUT2D eigenvalue weighted by Crippen LogP contribution is 2.18. The SMILES string of the molecule is CC(NC(=O)CSCC(=O)O)c1cccs1. The molecular weight excluding hydrogens is 246 g/mol. The van der Waals surface area contributed by atoms with E-state index in [4.69, 9.17) is 5.11 Å². The molecule has 1 aromatic heterocycles. The molecule has 0 fully saturated rings. The molecule has 0 aromatic carbocycles. The van der Waals surface area contributed by atoms with Crippen molar-refractivity contribution in [2.75, 3.05) is 11.5 Å². The van der Waals surface area contributed by atoms with E-state index in [0.717, 1.165) is 16.6 Å². The molecule has 0 aliphatic carbocycles. The molecule has 4 nitrogen and oxygen atoms in total. The normalized spacial score (nSPS) is 12.1. The Morgan fingerprint density at radius 1 is 1.56 bits per heavy atom. The summed E-state index contributed by atoms with van der Waals surface area (Å²) >= 11 is 2.69. The third kappa shape index (κ3) is 4.67. The number of carbonyl (C=O) groups is 2. The van der Waals surface area contributed by atoms with Crippen LogP contribution >= 0.6 is 23.1 Å². The summed E-state index contributed by atoms with van der Waals surface area (Å²) in [7, 11) is 0. The maximum Gasteiger partial charge on any atom is 0.313 e. The predicted octanol–water partition coefficient (Wildman–Crippen LogP) is 1.74. The summed E-state index contributed by atoms with van der Waals surface area (Å²) in [5, 5.41) is 13.2. The van der Waals surface area contributed by atoms with Crippen molar-refractivity contribution in [1.29, 1.82) is 0 Å². The van der Waals surface area contributed by atoms with Gasteiger partial charge in [-0.3, -0.25) is 9.59 Å². The van der Waals surface area contributed by atoms with Crippen molar-refractivity contribution < 1.29 is 14.7 Å². The smallest absolute Gasteiger partial charge is 0.313 e. The molecule has 1 atom stereocenters. The van der Waals surface area contributed by atoms with Crippen molar-refractivity contribution in [3.8, 4) is 0 Å². The van der Waals surface area contributed by atoms with Gasteiger partial charge in [-0.2, -0.15) is 0 Å². The highest BCUT2D eigenvalue weighted by Gasteiger charge is 2.10. The summed E-state index contributed by atoms with van der Waals surface area (Å²) < 4.78 is 0. The lowest BCUT2D eigenvalue weighted by atomic mass is 10.3. The van der Waals surface area contributed by atoms with E-state index in [1.165, 1.54) is 0 Å². The molecule has 1 unspecified atom stereocenters. The number of nitrogens with one attached hydrogen (secondary N) is 1. The fourth-order valence-corrected chi connectivity index (χ4v) is 2.40. The fourth-order valence-electron chi connectivity index (χ4n) is 1.12. The first-order chi connectivity index (χ1) is 7.59. The zero-order valence-corrected chi connectivity index (χ0v) is 10.4. The second-order valence-corrected chi connectivity index (χ2v) is 5.16. The Kier molecular flexibility index (Phi) is 5.34. The van der Waals surface area contributed by atoms with E-state index in [-0.39, 0.29) is 23.5 Å². The number of thioether (sulfide) groups is 1. The molecule has 0 radical (unpaired) electrons. The lowest BCUT2D eigenvalue weighted by Gasteiger charge is -2.11. The van der Waals surface area contributed by atoms with Gasteiger partial charge in [0.05, 0.1) is 17.5 Å². The number of hydrogen-bond acceptors (Lipinski definition) is 4. The second kappa shape index (κ2) is 6.55. The zero-order valence-electron chi connectivity index (χ0n) is 8.80. The van der Waals surface area contributed by atoms with Gasteiger partial charge in [-0.05, 0) is 18.4 Å². The molecule has 0 spiro atoms. The van der Waals surface area contributed by atoms with E-state index in [1.807, 2.05) is 24.4 Å². The average Bonchev–Trinajstić information content (AvgIpc) is 2.69. The molecule has 0 aliphatic heterocycles. The topological polar surface area (TPSA) is 66.4 Å². The molecule has 2 N–H and O–H groups in total. The minimum Gasteiger partial charge on any atom is -0.481 e. The predicted molar refractivity (Wildman–Crippen MR) is 65.8 cm³/mol. The lowest BCUT2D eigenvalue weighted by molar-refractivity contribution is -0.133. The Morgan fingerprint density at radius 2 is 2.31 bits per heavy atom. The van der Waals surface area contributed by atoms with Crippen molar-refractivity contribution in [2.24, 2.45) is 0 Å². The summed E-state index contributed by atoms with van der Waals surface area (Å²) in [6, 6.07) is 3.87. The number of carboxylic acid groups (broad SMARTS) is 1. The molecule has 0 aliphatic rings. The Morgan fingerprint density at radius 3 is 2.88 bits per heavy atom.